The van der Waals surface area contributed by atoms with Crippen LogP contribution in [0.4, 0.5) is 0 Å². The Kier molecular flexibility index (Phi) is 78.0. The minimum atomic E-state index is -4.42. The molecule has 0 heterocycles. The van der Waals surface area contributed by atoms with Crippen molar-refractivity contribution in [1.29, 1.82) is 0 Å². The average molecular weight is 1390 g/mol. The molecule has 0 rings (SSSR count). The van der Waals surface area contributed by atoms with E-state index in [1.165, 1.54) is 167 Å². The average Bonchev–Trinajstić information content (AvgIpc) is 1.19. The maximum Gasteiger partial charge on any atom is 0.472 e. The van der Waals surface area contributed by atoms with Crippen LogP contribution in [0.5, 0.6) is 0 Å². The van der Waals surface area contributed by atoms with Gasteiger partial charge in [-0.1, -0.05) is 363 Å². The third kappa shape index (κ3) is 82.0. The van der Waals surface area contributed by atoms with E-state index in [2.05, 4.69) is 196 Å². The molecule has 99 heavy (non-hydrogen) atoms. The number of phosphoric acid groups is 1. The summed E-state index contributed by atoms with van der Waals surface area (Å²) in [6.45, 7) is 3.60. The Morgan fingerprint density at radius 2 is 0.556 bits per heavy atom. The highest BCUT2D eigenvalue weighted by Gasteiger charge is 2.26. The fraction of sp³-hybridized carbons (Fsp3) is 0.640. The molecule has 9 nitrogen and oxygen atoms in total. The molecule has 0 radical (unpaired) electrons. The maximum absolute atomic E-state index is 12.8. The van der Waals surface area contributed by atoms with Gasteiger partial charge in [-0.3, -0.25) is 18.6 Å². The number of rotatable bonds is 74. The van der Waals surface area contributed by atoms with Crippen LogP contribution in [0.1, 0.15) is 335 Å². The second kappa shape index (κ2) is 82.1. The van der Waals surface area contributed by atoms with Gasteiger partial charge in [0.1, 0.15) is 6.61 Å². The molecule has 0 aromatic rings. The molecule has 0 saturated carbocycles. The summed E-state index contributed by atoms with van der Waals surface area (Å²) >= 11 is 0. The van der Waals surface area contributed by atoms with E-state index in [1.54, 1.807) is 0 Å². The topological polar surface area (TPSA) is 134 Å². The van der Waals surface area contributed by atoms with E-state index in [4.69, 9.17) is 24.3 Å². The minimum Gasteiger partial charge on any atom is -0.462 e. The van der Waals surface area contributed by atoms with E-state index in [9.17, 15) is 19.0 Å². The van der Waals surface area contributed by atoms with Crippen LogP contribution in [-0.4, -0.2) is 49.3 Å². The molecule has 10 heteroatoms. The highest BCUT2D eigenvalue weighted by molar-refractivity contribution is 7.47. The number of ether oxygens (including phenoxy) is 2. The first-order valence-corrected chi connectivity index (χ1v) is 41.8. The molecule has 0 aliphatic carbocycles. The predicted molar refractivity (Wildman–Crippen MR) is 431 cm³/mol. The van der Waals surface area contributed by atoms with Gasteiger partial charge in [0.15, 0.2) is 6.10 Å². The highest BCUT2D eigenvalue weighted by Crippen LogP contribution is 2.43. The molecule has 2 unspecified atom stereocenters. The number of unbranched alkanes of at least 4 members (excludes halogenated alkanes) is 31. The minimum absolute atomic E-state index is 0.0414. The summed E-state index contributed by atoms with van der Waals surface area (Å²) in [4.78, 5) is 35.5. The van der Waals surface area contributed by atoms with Crippen molar-refractivity contribution in [3.8, 4) is 0 Å². The van der Waals surface area contributed by atoms with Gasteiger partial charge in [-0.25, -0.2) is 4.57 Å². The van der Waals surface area contributed by atoms with Crippen molar-refractivity contribution in [3.05, 3.63) is 182 Å². The first-order valence-electron chi connectivity index (χ1n) is 40.3. The normalized spacial score (nSPS) is 13.9. The summed E-state index contributed by atoms with van der Waals surface area (Å²) < 4.78 is 33.2. The molecule has 0 saturated heterocycles. The standard InChI is InChI=1S/C89H148NO8P/c1-3-5-7-9-11-13-15-17-19-21-23-25-27-29-31-33-35-37-39-41-42-43-44-46-48-50-52-54-56-58-60-62-64-66-68-70-72-74-76-78-80-82-89(92)98-87(86-97-99(93,94)96-84-83-90)85-95-88(91)81-79-77-75-73-71-69-67-65-63-61-59-57-55-53-51-49-47-45-40-38-36-34-32-30-28-26-24-22-20-18-16-14-12-10-8-6-4-2/h5,7,11,13,16-19,22-25,28-31,35,37,41-42,44,46,50,52,56,58,62,64,68,70,87H,3-4,6,8-10,12,14-15,20-21,26-27,32-34,36,38-40,43,45,47-49,51,53-55,57,59-61,63,65-67,69,71-86,90H2,1-2H3,(H,93,94)/b7-5-,13-11-,18-16-,19-17-,24-22-,25-23-,30-28-,31-29-,37-35-,42-41-,46-44-,52-50-,58-56-,64-62-,70-68-. The van der Waals surface area contributed by atoms with Gasteiger partial charge in [-0.05, 0) is 141 Å². The van der Waals surface area contributed by atoms with Crippen LogP contribution in [-0.2, 0) is 32.7 Å². The molecule has 3 N–H and O–H groups in total. The van der Waals surface area contributed by atoms with Crippen LogP contribution in [0.3, 0.4) is 0 Å². The molecule has 0 spiro atoms. The van der Waals surface area contributed by atoms with E-state index in [0.29, 0.717) is 6.42 Å². The van der Waals surface area contributed by atoms with E-state index in [0.717, 1.165) is 135 Å². The fourth-order valence-electron chi connectivity index (χ4n) is 10.9. The smallest absolute Gasteiger partial charge is 0.462 e. The first-order chi connectivity index (χ1) is 48.8. The summed E-state index contributed by atoms with van der Waals surface area (Å²) in [5, 5.41) is 0. The van der Waals surface area contributed by atoms with Gasteiger partial charge in [-0.2, -0.15) is 0 Å². The Morgan fingerprint density at radius 3 is 0.828 bits per heavy atom. The zero-order valence-electron chi connectivity index (χ0n) is 63.4. The van der Waals surface area contributed by atoms with E-state index >= 15 is 0 Å². The van der Waals surface area contributed by atoms with Crippen molar-refractivity contribution < 1.29 is 37.6 Å². The largest absolute Gasteiger partial charge is 0.472 e. The lowest BCUT2D eigenvalue weighted by molar-refractivity contribution is -0.161. The van der Waals surface area contributed by atoms with Gasteiger partial charge in [-0.15, -0.1) is 0 Å². The van der Waals surface area contributed by atoms with Crippen molar-refractivity contribution in [2.75, 3.05) is 26.4 Å². The lowest BCUT2D eigenvalue weighted by atomic mass is 10.0. The third-order valence-electron chi connectivity index (χ3n) is 16.8. The van der Waals surface area contributed by atoms with Crippen LogP contribution in [0.25, 0.3) is 0 Å². The number of phosphoric ester groups is 1. The van der Waals surface area contributed by atoms with Crippen molar-refractivity contribution in [1.82, 2.24) is 0 Å². The maximum atomic E-state index is 12.8. The summed E-state index contributed by atoms with van der Waals surface area (Å²) in [5.41, 5.74) is 5.41. The zero-order valence-corrected chi connectivity index (χ0v) is 64.3. The molecule has 0 bridgehead atoms. The number of carbonyl (C=O) groups is 2. The summed E-state index contributed by atoms with van der Waals surface area (Å²) in [6.07, 6.45) is 123. The summed E-state index contributed by atoms with van der Waals surface area (Å²) in [6, 6.07) is 0. The lowest BCUT2D eigenvalue weighted by Crippen LogP contribution is -2.29. The van der Waals surface area contributed by atoms with E-state index in [-0.39, 0.29) is 38.6 Å². The third-order valence-corrected chi connectivity index (χ3v) is 17.8. The second-order valence-electron chi connectivity index (χ2n) is 26.2. The number of hydrogen-bond donors (Lipinski definition) is 2. The summed E-state index contributed by atoms with van der Waals surface area (Å²) in [7, 11) is -4.42. The lowest BCUT2D eigenvalue weighted by Gasteiger charge is -2.19. The van der Waals surface area contributed by atoms with Gasteiger partial charge in [0.25, 0.3) is 0 Å². The van der Waals surface area contributed by atoms with Gasteiger partial charge in [0, 0.05) is 19.4 Å². The summed E-state index contributed by atoms with van der Waals surface area (Å²) in [5.74, 6) is -0.858. The molecule has 2 atom stereocenters. The molecule has 0 aliphatic rings. The Bertz CT molecular complexity index is 2290. The molecule has 562 valence electrons. The van der Waals surface area contributed by atoms with E-state index in [1.807, 2.05) is 0 Å². The molecular weight excluding hydrogens is 1240 g/mol. The molecule has 0 aromatic heterocycles. The highest BCUT2D eigenvalue weighted by atomic mass is 31.2. The predicted octanol–water partition coefficient (Wildman–Crippen LogP) is 27.4. The molecule has 0 aliphatic heterocycles. The molecule has 0 amide bonds. The van der Waals surface area contributed by atoms with Gasteiger partial charge >= 0.3 is 19.8 Å². The quantitative estimate of drug-likeness (QED) is 0.0264. The van der Waals surface area contributed by atoms with Gasteiger partial charge < -0.3 is 20.1 Å². The molecular formula is C89H148NO8P. The number of nitrogens with two attached hydrogens (primary N) is 1. The van der Waals surface area contributed by atoms with Gasteiger partial charge in [0.2, 0.25) is 0 Å². The number of hydrogen-bond acceptors (Lipinski definition) is 8. The molecule has 0 fully saturated rings. The monoisotopic (exact) mass is 1390 g/mol. The Hall–Kier alpha value is -4.89. The Morgan fingerprint density at radius 1 is 0.313 bits per heavy atom. The van der Waals surface area contributed by atoms with Gasteiger partial charge in [0.05, 0.1) is 13.2 Å². The van der Waals surface area contributed by atoms with E-state index < -0.39 is 26.5 Å². The molecule has 0 aromatic carbocycles. The van der Waals surface area contributed by atoms with Crippen LogP contribution < -0.4 is 5.73 Å². The van der Waals surface area contributed by atoms with Crippen molar-refractivity contribution >= 4 is 19.8 Å². The SMILES string of the molecule is CC/C=C\C/C=C\C/C=C\C/C=C\C/C=C\C/C=C\C/C=C\C/C=C\C/C=C\C/C=C\C/C=C\C/C=C\CCCCCCC(=O)OC(COC(=O)CCCCCCCCCCCCCCCCCCCCCCCC/C=C\C/C=C\C/C=C\CCCCCCC)COP(=O)(O)OCCN. The van der Waals surface area contributed by atoms with Crippen LogP contribution >= 0.6 is 7.82 Å². The van der Waals surface area contributed by atoms with Crippen molar-refractivity contribution in [3.63, 3.8) is 0 Å². The van der Waals surface area contributed by atoms with Crippen LogP contribution in [0.2, 0.25) is 0 Å². The van der Waals surface area contributed by atoms with Crippen LogP contribution in [0.15, 0.2) is 182 Å². The zero-order chi connectivity index (χ0) is 71.5. The first kappa shape index (κ1) is 94.1. The number of esters is 2. The van der Waals surface area contributed by atoms with Crippen molar-refractivity contribution in [2.24, 2.45) is 5.73 Å². The van der Waals surface area contributed by atoms with Crippen molar-refractivity contribution in [2.45, 2.75) is 341 Å². The Labute approximate surface area is 609 Å². The number of allylic oxidation sites excluding steroid dienone is 30. The number of carbonyl (C=O) groups excluding carboxylic acids is 2. The second-order valence-corrected chi connectivity index (χ2v) is 27.7. The fourth-order valence-corrected chi connectivity index (χ4v) is 11.6. The van der Waals surface area contributed by atoms with Crippen LogP contribution in [0, 0.1) is 0 Å². The Balaban J connectivity index is 3.93.